The van der Waals surface area contributed by atoms with Gasteiger partial charge < -0.3 is 0 Å². The highest BCUT2D eigenvalue weighted by Gasteiger charge is 1.98. The zero-order chi connectivity index (χ0) is 16.3. The second-order valence-electron chi connectivity index (χ2n) is 6.13. The Morgan fingerprint density at radius 1 is 0.773 bits per heavy atom. The molecule has 3 nitrogen and oxygen atoms in total. The summed E-state index contributed by atoms with van der Waals surface area (Å²) in [6.07, 6.45) is 22.1. The van der Waals surface area contributed by atoms with Crippen LogP contribution in [0.4, 0.5) is 0 Å². The van der Waals surface area contributed by atoms with Crippen molar-refractivity contribution in [1.82, 2.24) is 10.9 Å². The summed E-state index contributed by atoms with van der Waals surface area (Å²) < 4.78 is 0. The topological polar surface area (TPSA) is 41.1 Å². The fourth-order valence-corrected chi connectivity index (χ4v) is 2.56. The summed E-state index contributed by atoms with van der Waals surface area (Å²) in [6, 6.07) is 0. The smallest absolute Gasteiger partial charge is 0.234 e. The van der Waals surface area contributed by atoms with Gasteiger partial charge in [0.15, 0.2) is 0 Å². The highest BCUT2D eigenvalue weighted by atomic mass is 16.2. The minimum absolute atomic E-state index is 0.0973. The predicted molar refractivity (Wildman–Crippen MR) is 96.7 cm³/mol. The van der Waals surface area contributed by atoms with E-state index in [-0.39, 0.29) is 5.91 Å². The minimum Gasteiger partial charge on any atom is -0.292 e. The lowest BCUT2D eigenvalue weighted by atomic mass is 10.1. The summed E-state index contributed by atoms with van der Waals surface area (Å²) in [4.78, 5) is 11.2. The van der Waals surface area contributed by atoms with E-state index >= 15 is 0 Å². The summed E-state index contributed by atoms with van der Waals surface area (Å²) in [5.74, 6) is 0.0973. The molecular weight excluding hydrogens is 272 g/mol. The van der Waals surface area contributed by atoms with Gasteiger partial charge in [0.2, 0.25) is 5.91 Å². The van der Waals surface area contributed by atoms with E-state index in [0.29, 0.717) is 6.42 Å². The van der Waals surface area contributed by atoms with E-state index in [0.717, 1.165) is 6.42 Å². The zero-order valence-corrected chi connectivity index (χ0v) is 15.0. The molecule has 0 fully saturated rings. The number of allylic oxidation sites excluding steroid dienone is 2. The molecule has 0 atom stereocenters. The number of carbonyl (C=O) groups excluding carboxylic acids is 1. The predicted octanol–water partition coefficient (Wildman–Crippen LogP) is 5.27. The summed E-state index contributed by atoms with van der Waals surface area (Å²) in [7, 11) is 1.72. The molecule has 0 aromatic heterocycles. The van der Waals surface area contributed by atoms with Gasteiger partial charge in [0.1, 0.15) is 0 Å². The van der Waals surface area contributed by atoms with Crippen LogP contribution in [0.15, 0.2) is 12.2 Å². The Bertz CT molecular complexity index is 264. The number of hydrazine groups is 1. The van der Waals surface area contributed by atoms with Crippen molar-refractivity contribution in [2.45, 2.75) is 96.8 Å². The van der Waals surface area contributed by atoms with Gasteiger partial charge in [0.25, 0.3) is 0 Å². The van der Waals surface area contributed by atoms with Gasteiger partial charge in [-0.15, -0.1) is 0 Å². The van der Waals surface area contributed by atoms with Crippen molar-refractivity contribution in [3.63, 3.8) is 0 Å². The van der Waals surface area contributed by atoms with Crippen molar-refractivity contribution >= 4 is 5.91 Å². The molecule has 0 unspecified atom stereocenters. The molecule has 0 aliphatic carbocycles. The third-order valence-electron chi connectivity index (χ3n) is 3.93. The molecule has 0 radical (unpaired) electrons. The molecule has 0 saturated carbocycles. The van der Waals surface area contributed by atoms with Crippen LogP contribution in [0.25, 0.3) is 0 Å². The second-order valence-corrected chi connectivity index (χ2v) is 6.13. The summed E-state index contributed by atoms with van der Waals surface area (Å²) in [6.45, 7) is 2.27. The van der Waals surface area contributed by atoms with Gasteiger partial charge in [-0.1, -0.05) is 70.4 Å². The van der Waals surface area contributed by atoms with Crippen molar-refractivity contribution in [3.05, 3.63) is 12.2 Å². The highest BCUT2D eigenvalue weighted by molar-refractivity contribution is 5.75. The van der Waals surface area contributed by atoms with Crippen LogP contribution in [-0.4, -0.2) is 13.0 Å². The lowest BCUT2D eigenvalue weighted by Crippen LogP contribution is -2.33. The standard InChI is InChI=1S/C19H38N2O/c1-3-4-5-6-7-8-9-10-11-12-13-14-15-16-17-18-19(22)21-20-2/h10-11,20H,3-9,12-18H2,1-2H3,(H,21,22)/b11-10+. The van der Waals surface area contributed by atoms with Crippen molar-refractivity contribution in [1.29, 1.82) is 0 Å². The van der Waals surface area contributed by atoms with E-state index < -0.39 is 0 Å². The number of hydrogen-bond acceptors (Lipinski definition) is 2. The first-order valence-electron chi connectivity index (χ1n) is 9.41. The van der Waals surface area contributed by atoms with Gasteiger partial charge in [0.05, 0.1) is 0 Å². The van der Waals surface area contributed by atoms with Crippen LogP contribution in [-0.2, 0) is 4.79 Å². The van der Waals surface area contributed by atoms with E-state index in [4.69, 9.17) is 0 Å². The van der Waals surface area contributed by atoms with Gasteiger partial charge >= 0.3 is 0 Å². The molecule has 22 heavy (non-hydrogen) atoms. The molecule has 130 valence electrons. The van der Waals surface area contributed by atoms with Crippen molar-refractivity contribution in [2.24, 2.45) is 0 Å². The Morgan fingerprint density at radius 3 is 1.82 bits per heavy atom. The Balaban J connectivity index is 3.12. The van der Waals surface area contributed by atoms with Gasteiger partial charge in [-0.3, -0.25) is 10.2 Å². The van der Waals surface area contributed by atoms with Gasteiger partial charge in [-0.2, -0.15) is 0 Å². The third-order valence-corrected chi connectivity index (χ3v) is 3.93. The van der Waals surface area contributed by atoms with Crippen LogP contribution in [0.2, 0.25) is 0 Å². The maximum atomic E-state index is 11.2. The quantitative estimate of drug-likeness (QED) is 0.231. The summed E-state index contributed by atoms with van der Waals surface area (Å²) >= 11 is 0. The first-order valence-corrected chi connectivity index (χ1v) is 9.41. The first-order chi connectivity index (χ1) is 10.8. The van der Waals surface area contributed by atoms with Gasteiger partial charge in [-0.25, -0.2) is 5.43 Å². The lowest BCUT2D eigenvalue weighted by Gasteiger charge is -2.02. The SMILES string of the molecule is CCCCCCCC/C=C/CCCCCCCC(=O)NNC. The molecule has 0 aromatic carbocycles. The lowest BCUT2D eigenvalue weighted by molar-refractivity contribution is -0.122. The van der Waals surface area contributed by atoms with Gasteiger partial charge in [0, 0.05) is 13.5 Å². The molecule has 0 rings (SSSR count). The first kappa shape index (κ1) is 21.2. The van der Waals surface area contributed by atoms with E-state index in [1.165, 1.54) is 77.0 Å². The minimum atomic E-state index is 0.0973. The maximum Gasteiger partial charge on any atom is 0.234 e. The molecule has 1 amide bonds. The molecule has 0 spiro atoms. The number of amides is 1. The van der Waals surface area contributed by atoms with Crippen LogP contribution >= 0.6 is 0 Å². The van der Waals surface area contributed by atoms with Crippen molar-refractivity contribution in [3.8, 4) is 0 Å². The van der Waals surface area contributed by atoms with Crippen LogP contribution < -0.4 is 10.9 Å². The van der Waals surface area contributed by atoms with E-state index in [1.807, 2.05) is 0 Å². The molecule has 0 bridgehead atoms. The Morgan fingerprint density at radius 2 is 1.27 bits per heavy atom. The van der Waals surface area contributed by atoms with E-state index in [2.05, 4.69) is 29.9 Å². The Labute approximate surface area is 138 Å². The van der Waals surface area contributed by atoms with E-state index in [9.17, 15) is 4.79 Å². The molecule has 0 saturated heterocycles. The van der Waals surface area contributed by atoms with Crippen LogP contribution in [0, 0.1) is 0 Å². The number of hydrogen-bond donors (Lipinski definition) is 2. The molecule has 0 aliphatic rings. The molecule has 0 heterocycles. The number of rotatable bonds is 16. The fraction of sp³-hybridized carbons (Fsp3) is 0.842. The Hall–Kier alpha value is -0.830. The number of nitrogens with one attached hydrogen (secondary N) is 2. The molecule has 0 aromatic rings. The van der Waals surface area contributed by atoms with Crippen molar-refractivity contribution < 1.29 is 4.79 Å². The molecule has 2 N–H and O–H groups in total. The number of carbonyl (C=O) groups is 1. The maximum absolute atomic E-state index is 11.2. The Kier molecular flexibility index (Phi) is 17.5. The average molecular weight is 311 g/mol. The molecular formula is C19H38N2O. The highest BCUT2D eigenvalue weighted by Crippen LogP contribution is 2.09. The monoisotopic (exact) mass is 310 g/mol. The summed E-state index contributed by atoms with van der Waals surface area (Å²) in [5, 5.41) is 0. The largest absolute Gasteiger partial charge is 0.292 e. The fourth-order valence-electron chi connectivity index (χ4n) is 2.56. The average Bonchev–Trinajstić information content (AvgIpc) is 2.51. The van der Waals surface area contributed by atoms with Crippen molar-refractivity contribution in [2.75, 3.05) is 7.05 Å². The van der Waals surface area contributed by atoms with E-state index in [1.54, 1.807) is 7.05 Å². The molecule has 0 aliphatic heterocycles. The number of unbranched alkanes of at least 4 members (excludes halogenated alkanes) is 11. The zero-order valence-electron chi connectivity index (χ0n) is 15.0. The van der Waals surface area contributed by atoms with Gasteiger partial charge in [-0.05, 0) is 32.1 Å². The van der Waals surface area contributed by atoms with Crippen LogP contribution in [0.5, 0.6) is 0 Å². The third kappa shape index (κ3) is 17.2. The van der Waals surface area contributed by atoms with Crippen LogP contribution in [0.3, 0.4) is 0 Å². The second kappa shape index (κ2) is 18.2. The van der Waals surface area contributed by atoms with Crippen LogP contribution in [0.1, 0.15) is 96.8 Å². The summed E-state index contributed by atoms with van der Waals surface area (Å²) in [5.41, 5.74) is 5.26. The normalized spacial score (nSPS) is 11.2. The molecule has 3 heteroatoms.